The Balaban J connectivity index is 1.66. The van der Waals surface area contributed by atoms with E-state index in [-0.39, 0.29) is 5.54 Å². The van der Waals surface area contributed by atoms with Crippen LogP contribution in [0, 0.1) is 5.92 Å². The van der Waals surface area contributed by atoms with E-state index in [0.717, 1.165) is 24.8 Å². The number of thiophene rings is 1. The minimum atomic E-state index is 0.0693. The number of rotatable bonds is 2. The lowest BCUT2D eigenvalue weighted by molar-refractivity contribution is 0.290. The normalized spacial score (nSPS) is 22.8. The van der Waals surface area contributed by atoms with E-state index in [2.05, 4.69) is 27.4 Å². The van der Waals surface area contributed by atoms with Crippen LogP contribution in [-0.2, 0) is 0 Å². The molecule has 0 aromatic carbocycles. The molecular weight excluding hydrogens is 230 g/mol. The topological polar surface area (TPSA) is 42.1 Å². The second-order valence-corrected chi connectivity index (χ2v) is 6.28. The fourth-order valence-electron chi connectivity index (χ4n) is 2.86. The summed E-state index contributed by atoms with van der Waals surface area (Å²) < 4.78 is 1.32. The van der Waals surface area contributed by atoms with Gasteiger partial charge in [0.15, 0.2) is 0 Å². The molecule has 2 aliphatic rings. The summed E-state index contributed by atoms with van der Waals surface area (Å²) in [7, 11) is 0. The molecule has 0 bridgehead atoms. The lowest BCUT2D eigenvalue weighted by atomic mass is 9.85. The Morgan fingerprint density at radius 2 is 2.18 bits per heavy atom. The Hall–Kier alpha value is -1.13. The molecule has 88 valence electrons. The Morgan fingerprint density at radius 3 is 2.94 bits per heavy atom. The van der Waals surface area contributed by atoms with Gasteiger partial charge in [0.25, 0.3) is 0 Å². The maximum atomic E-state index is 6.39. The van der Waals surface area contributed by atoms with Crippen molar-refractivity contribution in [2.24, 2.45) is 11.7 Å². The molecule has 0 unspecified atom stereocenters. The van der Waals surface area contributed by atoms with Crippen LogP contribution in [0.3, 0.4) is 0 Å². The zero-order chi connectivity index (χ0) is 11.5. The molecule has 0 radical (unpaired) electrons. The van der Waals surface area contributed by atoms with Crippen molar-refractivity contribution in [1.82, 2.24) is 4.98 Å². The van der Waals surface area contributed by atoms with Gasteiger partial charge in [0.05, 0.1) is 5.54 Å². The molecule has 2 aromatic heterocycles. The van der Waals surface area contributed by atoms with Crippen molar-refractivity contribution in [2.75, 3.05) is 18.0 Å². The van der Waals surface area contributed by atoms with Crippen LogP contribution in [0.15, 0.2) is 23.7 Å². The Kier molecular flexibility index (Phi) is 1.86. The first-order chi connectivity index (χ1) is 8.26. The highest BCUT2D eigenvalue weighted by atomic mass is 32.1. The van der Waals surface area contributed by atoms with Crippen molar-refractivity contribution in [3.63, 3.8) is 0 Å². The first-order valence-electron chi connectivity index (χ1n) is 6.12. The first kappa shape index (κ1) is 9.85. The third kappa shape index (κ3) is 1.40. The number of anilines is 1. The molecule has 1 aliphatic carbocycles. The van der Waals surface area contributed by atoms with Crippen LogP contribution in [-0.4, -0.2) is 23.6 Å². The van der Waals surface area contributed by atoms with E-state index < -0.39 is 0 Å². The van der Waals surface area contributed by atoms with Gasteiger partial charge in [-0.25, -0.2) is 4.98 Å². The number of aromatic nitrogens is 1. The van der Waals surface area contributed by atoms with Crippen LogP contribution in [0.25, 0.3) is 10.1 Å². The number of hydrogen-bond donors (Lipinski definition) is 1. The zero-order valence-corrected chi connectivity index (χ0v) is 10.4. The summed E-state index contributed by atoms with van der Waals surface area (Å²) in [6, 6.07) is 4.25. The standard InChI is InChI=1S/C13H15N3S/c14-13(9-1-2-9)7-16(8-13)12-10-4-6-17-11(10)3-5-15-12/h3-6,9H,1-2,7-8,14H2. The van der Waals surface area contributed by atoms with Gasteiger partial charge in [-0.05, 0) is 36.3 Å². The van der Waals surface area contributed by atoms with Crippen molar-refractivity contribution >= 4 is 27.2 Å². The molecule has 0 spiro atoms. The van der Waals surface area contributed by atoms with E-state index in [1.807, 2.05) is 6.20 Å². The smallest absolute Gasteiger partial charge is 0.137 e. The number of fused-ring (bicyclic) bond motifs is 1. The van der Waals surface area contributed by atoms with E-state index in [1.165, 1.54) is 22.9 Å². The Labute approximate surface area is 104 Å². The molecule has 4 heteroatoms. The maximum Gasteiger partial charge on any atom is 0.137 e. The fraction of sp³-hybridized carbons (Fsp3) is 0.462. The molecule has 0 atom stereocenters. The highest BCUT2D eigenvalue weighted by molar-refractivity contribution is 7.17. The van der Waals surface area contributed by atoms with Crippen LogP contribution in [0.4, 0.5) is 5.82 Å². The summed E-state index contributed by atoms with van der Waals surface area (Å²) >= 11 is 1.77. The van der Waals surface area contributed by atoms with Gasteiger partial charge in [0.1, 0.15) is 5.82 Å². The molecule has 3 nitrogen and oxygen atoms in total. The van der Waals surface area contributed by atoms with Crippen molar-refractivity contribution in [1.29, 1.82) is 0 Å². The Bertz CT molecular complexity index is 567. The molecule has 17 heavy (non-hydrogen) atoms. The molecule has 1 saturated carbocycles. The van der Waals surface area contributed by atoms with Gasteiger partial charge in [-0.2, -0.15) is 0 Å². The van der Waals surface area contributed by atoms with Gasteiger partial charge in [-0.15, -0.1) is 11.3 Å². The van der Waals surface area contributed by atoms with Crippen LogP contribution in [0.1, 0.15) is 12.8 Å². The second kappa shape index (κ2) is 3.21. The first-order valence-corrected chi connectivity index (χ1v) is 7.00. The Morgan fingerprint density at radius 1 is 1.35 bits per heavy atom. The third-order valence-electron chi connectivity index (χ3n) is 4.02. The van der Waals surface area contributed by atoms with Crippen LogP contribution in [0.2, 0.25) is 0 Å². The second-order valence-electron chi connectivity index (χ2n) is 5.33. The molecule has 1 aliphatic heterocycles. The highest BCUT2D eigenvalue weighted by Gasteiger charge is 2.50. The summed E-state index contributed by atoms with van der Waals surface area (Å²) in [6.45, 7) is 1.94. The number of hydrogen-bond acceptors (Lipinski definition) is 4. The molecule has 0 amide bonds. The number of nitrogens with two attached hydrogens (primary N) is 1. The summed E-state index contributed by atoms with van der Waals surface area (Å²) in [6.07, 6.45) is 4.54. The minimum Gasteiger partial charge on any atom is -0.352 e. The SMILES string of the molecule is NC1(C2CC2)CN(c2nccc3sccc23)C1. The van der Waals surface area contributed by atoms with Gasteiger partial charge in [0, 0.05) is 29.4 Å². The molecule has 2 N–H and O–H groups in total. The lowest BCUT2D eigenvalue weighted by Gasteiger charge is -2.49. The van der Waals surface area contributed by atoms with Crippen LogP contribution in [0.5, 0.6) is 0 Å². The van der Waals surface area contributed by atoms with Crippen molar-refractivity contribution in [3.05, 3.63) is 23.7 Å². The molecule has 2 fully saturated rings. The molecule has 1 saturated heterocycles. The van der Waals surface area contributed by atoms with Crippen LogP contribution >= 0.6 is 11.3 Å². The predicted octanol–water partition coefficient (Wildman–Crippen LogP) is 2.22. The zero-order valence-electron chi connectivity index (χ0n) is 9.60. The van der Waals surface area contributed by atoms with Gasteiger partial charge in [-0.1, -0.05) is 0 Å². The number of pyridine rings is 1. The van der Waals surface area contributed by atoms with E-state index in [9.17, 15) is 0 Å². The minimum absolute atomic E-state index is 0.0693. The van der Waals surface area contributed by atoms with Crippen molar-refractivity contribution < 1.29 is 0 Å². The molecule has 4 rings (SSSR count). The van der Waals surface area contributed by atoms with E-state index in [1.54, 1.807) is 11.3 Å². The van der Waals surface area contributed by atoms with Gasteiger partial charge < -0.3 is 10.6 Å². The number of nitrogens with zero attached hydrogens (tertiary/aromatic N) is 2. The molecule has 3 heterocycles. The van der Waals surface area contributed by atoms with Crippen LogP contribution < -0.4 is 10.6 Å². The molecular formula is C13H15N3S. The maximum absolute atomic E-state index is 6.39. The van der Waals surface area contributed by atoms with E-state index in [4.69, 9.17) is 5.73 Å². The summed E-state index contributed by atoms with van der Waals surface area (Å²) in [5.41, 5.74) is 6.46. The average molecular weight is 245 g/mol. The third-order valence-corrected chi connectivity index (χ3v) is 4.90. The van der Waals surface area contributed by atoms with Gasteiger partial charge in [0.2, 0.25) is 0 Å². The van der Waals surface area contributed by atoms with E-state index in [0.29, 0.717) is 0 Å². The predicted molar refractivity (Wildman–Crippen MR) is 71.5 cm³/mol. The van der Waals surface area contributed by atoms with Crippen molar-refractivity contribution in [3.8, 4) is 0 Å². The largest absolute Gasteiger partial charge is 0.352 e. The monoisotopic (exact) mass is 245 g/mol. The lowest BCUT2D eigenvalue weighted by Crippen LogP contribution is -2.69. The molecule has 2 aromatic rings. The highest BCUT2D eigenvalue weighted by Crippen LogP contribution is 2.44. The quantitative estimate of drug-likeness (QED) is 0.882. The van der Waals surface area contributed by atoms with Gasteiger partial charge >= 0.3 is 0 Å². The van der Waals surface area contributed by atoms with Gasteiger partial charge in [-0.3, -0.25) is 0 Å². The summed E-state index contributed by atoms with van der Waals surface area (Å²) in [5, 5.41) is 3.40. The van der Waals surface area contributed by atoms with E-state index >= 15 is 0 Å². The summed E-state index contributed by atoms with van der Waals surface area (Å²) in [5.74, 6) is 1.88. The van der Waals surface area contributed by atoms with Crippen molar-refractivity contribution in [2.45, 2.75) is 18.4 Å². The average Bonchev–Trinajstić information content (AvgIpc) is 3.03. The summed E-state index contributed by atoms with van der Waals surface area (Å²) in [4.78, 5) is 6.85. The fourth-order valence-corrected chi connectivity index (χ4v) is 3.64.